The van der Waals surface area contributed by atoms with Gasteiger partial charge >= 0.3 is 0 Å². The van der Waals surface area contributed by atoms with E-state index in [0.29, 0.717) is 19.3 Å². The van der Waals surface area contributed by atoms with Gasteiger partial charge in [0.25, 0.3) is 0 Å². The van der Waals surface area contributed by atoms with Gasteiger partial charge < -0.3 is 14.9 Å². The zero-order chi connectivity index (χ0) is 12.1. The summed E-state index contributed by atoms with van der Waals surface area (Å²) < 4.78 is 11.3. The van der Waals surface area contributed by atoms with Crippen molar-refractivity contribution in [2.75, 3.05) is 0 Å². The molecular weight excluding hydrogens is 214 g/mol. The molecule has 0 radical (unpaired) electrons. The van der Waals surface area contributed by atoms with Crippen molar-refractivity contribution in [1.29, 1.82) is 0 Å². The molecule has 2 rings (SSSR count). The van der Waals surface area contributed by atoms with Gasteiger partial charge in [-0.2, -0.15) is 0 Å². The lowest BCUT2D eigenvalue weighted by atomic mass is 9.85. The fourth-order valence-electron chi connectivity index (χ4n) is 2.57. The molecule has 1 aromatic rings. The van der Waals surface area contributed by atoms with E-state index in [4.69, 9.17) is 14.9 Å². The van der Waals surface area contributed by atoms with Gasteiger partial charge in [-0.05, 0) is 24.8 Å². The summed E-state index contributed by atoms with van der Waals surface area (Å²) in [6.07, 6.45) is 8.48. The zero-order valence-electron chi connectivity index (χ0n) is 10.7. The molecule has 0 aromatic carbocycles. The molecule has 3 heteroatoms. The third-order valence-corrected chi connectivity index (χ3v) is 3.72. The molecule has 1 aliphatic carbocycles. The van der Waals surface area contributed by atoms with Crippen LogP contribution in [0.2, 0.25) is 0 Å². The second-order valence-electron chi connectivity index (χ2n) is 5.00. The van der Waals surface area contributed by atoms with E-state index in [1.165, 1.54) is 32.1 Å². The van der Waals surface area contributed by atoms with Crippen LogP contribution in [0.1, 0.15) is 50.4 Å². The van der Waals surface area contributed by atoms with Crippen molar-refractivity contribution in [2.45, 2.75) is 58.3 Å². The van der Waals surface area contributed by atoms with Gasteiger partial charge in [0.15, 0.2) is 0 Å². The van der Waals surface area contributed by atoms with Crippen LogP contribution in [0.4, 0.5) is 0 Å². The molecule has 2 unspecified atom stereocenters. The van der Waals surface area contributed by atoms with Crippen LogP contribution in [-0.4, -0.2) is 6.10 Å². The van der Waals surface area contributed by atoms with Gasteiger partial charge in [-0.1, -0.05) is 26.2 Å². The third-order valence-electron chi connectivity index (χ3n) is 3.72. The number of ether oxygens (including phenoxy) is 1. The first-order valence-corrected chi connectivity index (χ1v) is 6.69. The standard InChI is InChI=1S/C14H23NO2/c1-2-11-4-3-5-13(6-11)17-10-14-7-12(8-15)9-16-14/h7,9,11,13H,2-6,8,10,15H2,1H3. The molecule has 2 atom stereocenters. The fourth-order valence-corrected chi connectivity index (χ4v) is 2.57. The van der Waals surface area contributed by atoms with E-state index in [9.17, 15) is 0 Å². The zero-order valence-corrected chi connectivity index (χ0v) is 10.7. The average Bonchev–Trinajstić information content (AvgIpc) is 2.84. The predicted molar refractivity (Wildman–Crippen MR) is 67.4 cm³/mol. The smallest absolute Gasteiger partial charge is 0.129 e. The van der Waals surface area contributed by atoms with Gasteiger partial charge in [0.1, 0.15) is 12.4 Å². The van der Waals surface area contributed by atoms with E-state index < -0.39 is 0 Å². The van der Waals surface area contributed by atoms with Crippen LogP contribution < -0.4 is 5.73 Å². The first kappa shape index (κ1) is 12.7. The fraction of sp³-hybridized carbons (Fsp3) is 0.714. The topological polar surface area (TPSA) is 48.4 Å². The Bertz CT molecular complexity index is 335. The molecule has 1 heterocycles. The molecule has 2 N–H and O–H groups in total. The Morgan fingerprint density at radius 3 is 3.06 bits per heavy atom. The summed E-state index contributed by atoms with van der Waals surface area (Å²) >= 11 is 0. The summed E-state index contributed by atoms with van der Waals surface area (Å²) in [5, 5.41) is 0. The van der Waals surface area contributed by atoms with E-state index >= 15 is 0 Å². The number of hydrogen-bond donors (Lipinski definition) is 1. The highest BCUT2D eigenvalue weighted by Gasteiger charge is 2.21. The number of rotatable bonds is 5. The second-order valence-corrected chi connectivity index (χ2v) is 5.00. The van der Waals surface area contributed by atoms with Crippen LogP contribution in [0.15, 0.2) is 16.7 Å². The lowest BCUT2D eigenvalue weighted by Gasteiger charge is -2.28. The molecule has 1 aliphatic rings. The van der Waals surface area contributed by atoms with Crippen molar-refractivity contribution in [3.05, 3.63) is 23.7 Å². The second kappa shape index (κ2) is 6.22. The summed E-state index contributed by atoms with van der Waals surface area (Å²) in [5.41, 5.74) is 6.58. The highest BCUT2D eigenvalue weighted by atomic mass is 16.5. The van der Waals surface area contributed by atoms with E-state index in [1.807, 2.05) is 6.07 Å². The summed E-state index contributed by atoms with van der Waals surface area (Å²) in [5.74, 6) is 1.74. The molecule has 0 saturated heterocycles. The van der Waals surface area contributed by atoms with Gasteiger partial charge in [-0.3, -0.25) is 0 Å². The SMILES string of the molecule is CCC1CCCC(OCc2cc(CN)co2)C1. The van der Waals surface area contributed by atoms with Gasteiger partial charge in [0, 0.05) is 12.1 Å². The molecule has 0 bridgehead atoms. The molecule has 17 heavy (non-hydrogen) atoms. The minimum absolute atomic E-state index is 0.417. The van der Waals surface area contributed by atoms with Crippen LogP contribution in [0.5, 0.6) is 0 Å². The van der Waals surface area contributed by atoms with Gasteiger partial charge in [0.2, 0.25) is 0 Å². The molecule has 0 spiro atoms. The Hall–Kier alpha value is -0.800. The lowest BCUT2D eigenvalue weighted by molar-refractivity contribution is -0.00533. The van der Waals surface area contributed by atoms with Crippen molar-refractivity contribution in [3.63, 3.8) is 0 Å². The highest BCUT2D eigenvalue weighted by Crippen LogP contribution is 2.29. The average molecular weight is 237 g/mol. The van der Waals surface area contributed by atoms with Crippen molar-refractivity contribution in [2.24, 2.45) is 11.7 Å². The van der Waals surface area contributed by atoms with E-state index in [1.54, 1.807) is 6.26 Å². The quantitative estimate of drug-likeness (QED) is 0.855. The van der Waals surface area contributed by atoms with Crippen molar-refractivity contribution in [1.82, 2.24) is 0 Å². The van der Waals surface area contributed by atoms with Crippen LogP contribution in [0.25, 0.3) is 0 Å². The molecule has 0 aliphatic heterocycles. The normalized spacial score (nSPS) is 25.1. The molecule has 1 fully saturated rings. The van der Waals surface area contributed by atoms with Crippen molar-refractivity contribution in [3.8, 4) is 0 Å². The van der Waals surface area contributed by atoms with Crippen LogP contribution in [0.3, 0.4) is 0 Å². The summed E-state index contributed by atoms with van der Waals surface area (Å²) in [6.45, 7) is 3.39. The van der Waals surface area contributed by atoms with E-state index in [2.05, 4.69) is 6.92 Å². The molecule has 1 saturated carbocycles. The largest absolute Gasteiger partial charge is 0.467 e. The Morgan fingerprint density at radius 2 is 2.35 bits per heavy atom. The van der Waals surface area contributed by atoms with Crippen molar-refractivity contribution >= 4 is 0 Å². The van der Waals surface area contributed by atoms with Crippen LogP contribution >= 0.6 is 0 Å². The Morgan fingerprint density at radius 1 is 1.47 bits per heavy atom. The minimum Gasteiger partial charge on any atom is -0.467 e. The van der Waals surface area contributed by atoms with Gasteiger partial charge in [-0.25, -0.2) is 0 Å². The minimum atomic E-state index is 0.417. The molecule has 0 amide bonds. The Labute approximate surface area is 103 Å². The van der Waals surface area contributed by atoms with E-state index in [-0.39, 0.29) is 0 Å². The third kappa shape index (κ3) is 3.58. The van der Waals surface area contributed by atoms with Crippen LogP contribution in [0, 0.1) is 5.92 Å². The summed E-state index contributed by atoms with van der Waals surface area (Å²) in [7, 11) is 0. The Kier molecular flexibility index (Phi) is 4.63. The highest BCUT2D eigenvalue weighted by molar-refractivity contribution is 5.11. The first-order valence-electron chi connectivity index (χ1n) is 6.69. The summed E-state index contributed by atoms with van der Waals surface area (Å²) in [6, 6.07) is 1.99. The maximum Gasteiger partial charge on any atom is 0.129 e. The summed E-state index contributed by atoms with van der Waals surface area (Å²) in [4.78, 5) is 0. The number of nitrogens with two attached hydrogens (primary N) is 1. The predicted octanol–water partition coefficient (Wildman–Crippen LogP) is 3.22. The molecular formula is C14H23NO2. The number of furan rings is 1. The van der Waals surface area contributed by atoms with E-state index in [0.717, 1.165) is 17.2 Å². The van der Waals surface area contributed by atoms with Crippen LogP contribution in [-0.2, 0) is 17.9 Å². The maximum atomic E-state index is 5.92. The maximum absolute atomic E-state index is 5.92. The first-order chi connectivity index (χ1) is 8.31. The van der Waals surface area contributed by atoms with Gasteiger partial charge in [0.05, 0.1) is 12.4 Å². The van der Waals surface area contributed by atoms with Gasteiger partial charge in [-0.15, -0.1) is 0 Å². The van der Waals surface area contributed by atoms with Crippen molar-refractivity contribution < 1.29 is 9.15 Å². The lowest BCUT2D eigenvalue weighted by Crippen LogP contribution is -2.22. The monoisotopic (exact) mass is 237 g/mol. The molecule has 96 valence electrons. The number of hydrogen-bond acceptors (Lipinski definition) is 3. The molecule has 1 aromatic heterocycles. The Balaban J connectivity index is 1.77. The molecule has 3 nitrogen and oxygen atoms in total.